The lowest BCUT2D eigenvalue weighted by Gasteiger charge is -2.33. The standard InChI is InChI=1S/C28H40ClN3O4S/c1-8-24(27(34)30-28(4,5)6)31(19-22-13-9-12-20(2)18-22)26(33)16-11-17-32(37(7,35)36)25-15-10-14-23(29)21(25)3/h9-10,12-15,18,24H,8,11,16-17,19H2,1-7H3,(H,30,34)/t24-/m1/s1. The first kappa shape index (κ1) is 30.6. The first-order chi connectivity index (χ1) is 17.1. The topological polar surface area (TPSA) is 86.8 Å². The number of carbonyl (C=O) groups is 2. The van der Waals surface area contributed by atoms with Crippen LogP contribution in [-0.2, 0) is 26.2 Å². The maximum atomic E-state index is 13.5. The Morgan fingerprint density at radius 2 is 1.73 bits per heavy atom. The monoisotopic (exact) mass is 549 g/mol. The molecule has 37 heavy (non-hydrogen) atoms. The van der Waals surface area contributed by atoms with E-state index in [0.29, 0.717) is 35.7 Å². The summed E-state index contributed by atoms with van der Waals surface area (Å²) in [5.41, 5.74) is 2.72. The number of amides is 2. The van der Waals surface area contributed by atoms with Gasteiger partial charge in [0.15, 0.2) is 0 Å². The van der Waals surface area contributed by atoms with Crippen molar-refractivity contribution in [2.24, 2.45) is 0 Å². The molecule has 0 aliphatic rings. The number of rotatable bonds is 11. The lowest BCUT2D eigenvalue weighted by atomic mass is 10.0. The molecular weight excluding hydrogens is 510 g/mol. The second-order valence-corrected chi connectivity index (χ2v) is 12.8. The number of sulfonamides is 1. The fraction of sp³-hybridized carbons (Fsp3) is 0.500. The Kier molecular flexibility index (Phi) is 10.6. The van der Waals surface area contributed by atoms with Gasteiger partial charge in [-0.1, -0.05) is 54.4 Å². The van der Waals surface area contributed by atoms with E-state index >= 15 is 0 Å². The highest BCUT2D eigenvalue weighted by Crippen LogP contribution is 2.28. The number of anilines is 1. The van der Waals surface area contributed by atoms with Crippen LogP contribution in [0.15, 0.2) is 42.5 Å². The SMILES string of the molecule is CC[C@H](C(=O)NC(C)(C)C)N(Cc1cccc(C)c1)C(=O)CCCN(c1cccc(Cl)c1C)S(C)(=O)=O. The molecule has 0 saturated carbocycles. The molecule has 0 aromatic heterocycles. The molecule has 0 radical (unpaired) electrons. The Hall–Kier alpha value is -2.58. The van der Waals surface area contributed by atoms with E-state index in [-0.39, 0.29) is 24.8 Å². The van der Waals surface area contributed by atoms with Gasteiger partial charge in [-0.25, -0.2) is 8.42 Å². The van der Waals surface area contributed by atoms with Crippen molar-refractivity contribution < 1.29 is 18.0 Å². The maximum absolute atomic E-state index is 13.5. The molecule has 7 nitrogen and oxygen atoms in total. The van der Waals surface area contributed by atoms with Crippen LogP contribution in [0.3, 0.4) is 0 Å². The fourth-order valence-electron chi connectivity index (χ4n) is 4.23. The van der Waals surface area contributed by atoms with Crippen molar-refractivity contribution >= 4 is 39.1 Å². The molecule has 0 aliphatic heterocycles. The Balaban J connectivity index is 2.28. The molecule has 0 bridgehead atoms. The highest BCUT2D eigenvalue weighted by Gasteiger charge is 2.31. The molecule has 1 N–H and O–H groups in total. The van der Waals surface area contributed by atoms with Crippen LogP contribution < -0.4 is 9.62 Å². The quantitative estimate of drug-likeness (QED) is 0.416. The summed E-state index contributed by atoms with van der Waals surface area (Å²) in [6.07, 6.45) is 1.98. The lowest BCUT2D eigenvalue weighted by molar-refractivity contribution is -0.142. The van der Waals surface area contributed by atoms with Gasteiger partial charge < -0.3 is 10.2 Å². The number of halogens is 1. The number of hydrogen-bond donors (Lipinski definition) is 1. The van der Waals surface area contributed by atoms with Crippen LogP contribution >= 0.6 is 11.6 Å². The summed E-state index contributed by atoms with van der Waals surface area (Å²) in [4.78, 5) is 28.3. The van der Waals surface area contributed by atoms with Crippen LogP contribution in [-0.4, -0.2) is 49.5 Å². The van der Waals surface area contributed by atoms with Crippen molar-refractivity contribution in [2.45, 2.75) is 78.9 Å². The summed E-state index contributed by atoms with van der Waals surface area (Å²) >= 11 is 6.23. The molecule has 2 aromatic rings. The molecule has 9 heteroatoms. The molecule has 0 saturated heterocycles. The zero-order valence-corrected chi connectivity index (χ0v) is 24.5. The fourth-order valence-corrected chi connectivity index (χ4v) is 5.41. The number of carbonyl (C=O) groups excluding carboxylic acids is 2. The van der Waals surface area contributed by atoms with Gasteiger partial charge >= 0.3 is 0 Å². The van der Waals surface area contributed by atoms with Crippen molar-refractivity contribution in [3.63, 3.8) is 0 Å². The average molecular weight is 550 g/mol. The molecular formula is C28H40ClN3O4S. The van der Waals surface area contributed by atoms with E-state index in [1.165, 1.54) is 4.31 Å². The molecule has 2 rings (SSSR count). The zero-order chi connectivity index (χ0) is 28.0. The van der Waals surface area contributed by atoms with E-state index in [0.717, 1.165) is 17.4 Å². The summed E-state index contributed by atoms with van der Waals surface area (Å²) < 4.78 is 26.5. The van der Waals surface area contributed by atoms with Gasteiger partial charge in [0, 0.05) is 30.1 Å². The van der Waals surface area contributed by atoms with Crippen molar-refractivity contribution in [2.75, 3.05) is 17.1 Å². The molecule has 0 spiro atoms. The Morgan fingerprint density at radius 3 is 2.30 bits per heavy atom. The van der Waals surface area contributed by atoms with Gasteiger partial charge in [0.05, 0.1) is 11.9 Å². The van der Waals surface area contributed by atoms with Crippen molar-refractivity contribution in [3.8, 4) is 0 Å². The van der Waals surface area contributed by atoms with Gasteiger partial charge in [-0.15, -0.1) is 0 Å². The van der Waals surface area contributed by atoms with Crippen LogP contribution in [0.5, 0.6) is 0 Å². The molecule has 2 aromatic carbocycles. The van der Waals surface area contributed by atoms with E-state index in [1.54, 1.807) is 30.0 Å². The normalized spacial score (nSPS) is 12.6. The van der Waals surface area contributed by atoms with E-state index in [9.17, 15) is 18.0 Å². The van der Waals surface area contributed by atoms with Crippen LogP contribution in [0.1, 0.15) is 63.6 Å². The Labute approximate surface area is 227 Å². The van der Waals surface area contributed by atoms with Crippen LogP contribution in [0.25, 0.3) is 0 Å². The Morgan fingerprint density at radius 1 is 1.08 bits per heavy atom. The maximum Gasteiger partial charge on any atom is 0.243 e. The third kappa shape index (κ3) is 9.04. The van der Waals surface area contributed by atoms with Crippen molar-refractivity contribution in [1.29, 1.82) is 0 Å². The third-order valence-corrected chi connectivity index (χ3v) is 7.57. The van der Waals surface area contributed by atoms with Crippen LogP contribution in [0.2, 0.25) is 5.02 Å². The number of aryl methyl sites for hydroxylation is 1. The summed E-state index contributed by atoms with van der Waals surface area (Å²) in [6, 6.07) is 12.3. The van der Waals surface area contributed by atoms with E-state index < -0.39 is 21.6 Å². The molecule has 0 unspecified atom stereocenters. The minimum atomic E-state index is -3.60. The van der Waals surface area contributed by atoms with Crippen molar-refractivity contribution in [3.05, 3.63) is 64.2 Å². The number of nitrogens with one attached hydrogen (secondary N) is 1. The second-order valence-electron chi connectivity index (χ2n) is 10.5. The number of hydrogen-bond acceptors (Lipinski definition) is 4. The largest absolute Gasteiger partial charge is 0.350 e. The average Bonchev–Trinajstić information content (AvgIpc) is 2.76. The number of nitrogens with zero attached hydrogens (tertiary/aromatic N) is 2. The molecule has 2 amide bonds. The van der Waals surface area contributed by atoms with Gasteiger partial charge in [-0.2, -0.15) is 0 Å². The first-order valence-corrected chi connectivity index (χ1v) is 14.8. The number of benzene rings is 2. The first-order valence-electron chi connectivity index (χ1n) is 12.5. The van der Waals surface area contributed by atoms with E-state index in [4.69, 9.17) is 11.6 Å². The van der Waals surface area contributed by atoms with Gasteiger partial charge in [-0.3, -0.25) is 13.9 Å². The molecule has 0 fully saturated rings. The zero-order valence-electron chi connectivity index (χ0n) is 23.0. The van der Waals surface area contributed by atoms with Gasteiger partial charge in [0.25, 0.3) is 0 Å². The predicted octanol–water partition coefficient (Wildman–Crippen LogP) is 5.23. The highest BCUT2D eigenvalue weighted by atomic mass is 35.5. The third-order valence-electron chi connectivity index (χ3n) is 5.98. The lowest BCUT2D eigenvalue weighted by Crippen LogP contribution is -2.53. The van der Waals surface area contributed by atoms with E-state index in [1.807, 2.05) is 58.9 Å². The van der Waals surface area contributed by atoms with E-state index in [2.05, 4.69) is 5.32 Å². The molecule has 1 atom stereocenters. The van der Waals surface area contributed by atoms with Crippen molar-refractivity contribution in [1.82, 2.24) is 10.2 Å². The van der Waals surface area contributed by atoms with Gasteiger partial charge in [0.1, 0.15) is 6.04 Å². The van der Waals surface area contributed by atoms with Gasteiger partial charge in [-0.05, 0) is 70.7 Å². The van der Waals surface area contributed by atoms with Gasteiger partial charge in [0.2, 0.25) is 21.8 Å². The van der Waals surface area contributed by atoms with Crippen LogP contribution in [0, 0.1) is 13.8 Å². The van der Waals surface area contributed by atoms with Crippen LogP contribution in [0.4, 0.5) is 5.69 Å². The highest BCUT2D eigenvalue weighted by molar-refractivity contribution is 7.92. The summed E-state index contributed by atoms with van der Waals surface area (Å²) in [7, 11) is -3.60. The summed E-state index contributed by atoms with van der Waals surface area (Å²) in [5.74, 6) is -0.406. The molecule has 0 heterocycles. The molecule has 204 valence electrons. The Bertz CT molecular complexity index is 1210. The minimum Gasteiger partial charge on any atom is -0.350 e. The second kappa shape index (κ2) is 12.8. The molecule has 0 aliphatic carbocycles. The summed E-state index contributed by atoms with van der Waals surface area (Å²) in [6.45, 7) is 11.8. The summed E-state index contributed by atoms with van der Waals surface area (Å²) in [5, 5.41) is 3.47. The predicted molar refractivity (Wildman–Crippen MR) is 151 cm³/mol. The smallest absolute Gasteiger partial charge is 0.243 e. The minimum absolute atomic E-state index is 0.0940.